The lowest BCUT2D eigenvalue weighted by Crippen LogP contribution is -2.51. The summed E-state index contributed by atoms with van der Waals surface area (Å²) in [4.78, 5) is 5.91. The molecular weight excluding hydrogens is 467 g/mol. The van der Waals surface area contributed by atoms with Crippen molar-refractivity contribution in [1.29, 1.82) is 0 Å². The van der Waals surface area contributed by atoms with Crippen LogP contribution in [0.1, 0.15) is 25.0 Å². The van der Waals surface area contributed by atoms with E-state index in [-0.39, 0.29) is 23.1 Å². The van der Waals surface area contributed by atoms with E-state index in [4.69, 9.17) is 4.74 Å². The first-order valence-electron chi connectivity index (χ1n) is 10.6. The molecule has 180 valence electrons. The van der Waals surface area contributed by atoms with Crippen molar-refractivity contribution in [2.45, 2.75) is 36.9 Å². The van der Waals surface area contributed by atoms with E-state index in [1.165, 1.54) is 29.8 Å². The molecule has 0 spiro atoms. The number of hydrogen-bond acceptors (Lipinski definition) is 5. The molecule has 0 radical (unpaired) electrons. The standard InChI is InChI=1S/C24H24F3N3O3S/c1-23(2,30-14-13-17-5-3-4-6-21(17)30)16-29-34(31,32)20-10-8-19(9-11-20)33-22-12-7-18(15-28-22)24(25,26)27/h3-12,15,29H,13-14,16H2,1-2H3. The summed E-state index contributed by atoms with van der Waals surface area (Å²) in [6, 6.07) is 15.7. The number of sulfonamides is 1. The van der Waals surface area contributed by atoms with Gasteiger partial charge in [-0.3, -0.25) is 0 Å². The van der Waals surface area contributed by atoms with Gasteiger partial charge in [0.05, 0.1) is 10.5 Å². The first-order chi connectivity index (χ1) is 16.0. The lowest BCUT2D eigenvalue weighted by atomic mass is 10.0. The molecular formula is C24H24F3N3O3S. The maximum atomic E-state index is 12.9. The molecule has 0 aliphatic carbocycles. The molecule has 1 aliphatic heterocycles. The van der Waals surface area contributed by atoms with Crippen molar-refractivity contribution in [2.24, 2.45) is 0 Å². The van der Waals surface area contributed by atoms with Crippen LogP contribution in [0.4, 0.5) is 18.9 Å². The number of nitrogens with zero attached hydrogens (tertiary/aromatic N) is 2. The molecule has 4 rings (SSSR count). The molecule has 2 heterocycles. The summed E-state index contributed by atoms with van der Waals surface area (Å²) in [6.45, 7) is 5.01. The zero-order chi connectivity index (χ0) is 24.6. The van der Waals surface area contributed by atoms with Gasteiger partial charge in [0, 0.05) is 36.6 Å². The molecule has 0 saturated heterocycles. The smallest absolute Gasteiger partial charge is 0.417 e. The Morgan fingerprint density at radius 2 is 1.74 bits per heavy atom. The van der Waals surface area contributed by atoms with Crippen molar-refractivity contribution in [3.05, 3.63) is 78.0 Å². The van der Waals surface area contributed by atoms with Crippen LogP contribution < -0.4 is 14.4 Å². The third kappa shape index (κ3) is 5.18. The average molecular weight is 492 g/mol. The highest BCUT2D eigenvalue weighted by Crippen LogP contribution is 2.33. The van der Waals surface area contributed by atoms with Gasteiger partial charge in [0.25, 0.3) is 0 Å². The first-order valence-corrected chi connectivity index (χ1v) is 12.1. The van der Waals surface area contributed by atoms with Gasteiger partial charge in [0.1, 0.15) is 5.75 Å². The number of pyridine rings is 1. The molecule has 6 nitrogen and oxygen atoms in total. The van der Waals surface area contributed by atoms with Gasteiger partial charge in [0.2, 0.25) is 15.9 Å². The zero-order valence-corrected chi connectivity index (χ0v) is 19.4. The van der Waals surface area contributed by atoms with Crippen molar-refractivity contribution in [1.82, 2.24) is 9.71 Å². The lowest BCUT2D eigenvalue weighted by molar-refractivity contribution is -0.137. The molecule has 10 heteroatoms. The van der Waals surface area contributed by atoms with Crippen molar-refractivity contribution >= 4 is 15.7 Å². The lowest BCUT2D eigenvalue weighted by Gasteiger charge is -2.38. The second-order valence-electron chi connectivity index (χ2n) is 8.62. The van der Waals surface area contributed by atoms with E-state index in [1.807, 2.05) is 32.0 Å². The van der Waals surface area contributed by atoms with Gasteiger partial charge >= 0.3 is 6.18 Å². The van der Waals surface area contributed by atoms with Crippen molar-refractivity contribution in [2.75, 3.05) is 18.0 Å². The number of fused-ring (bicyclic) bond motifs is 1. The van der Waals surface area contributed by atoms with Crippen LogP contribution in [0.3, 0.4) is 0 Å². The fourth-order valence-electron chi connectivity index (χ4n) is 3.83. The van der Waals surface area contributed by atoms with Crippen LogP contribution >= 0.6 is 0 Å². The molecule has 0 fully saturated rings. The Hall–Kier alpha value is -3.11. The predicted molar refractivity (Wildman–Crippen MR) is 123 cm³/mol. The Kier molecular flexibility index (Phi) is 6.30. The third-order valence-corrected chi connectivity index (χ3v) is 7.15. The van der Waals surface area contributed by atoms with Gasteiger partial charge in [-0.05, 0) is 62.2 Å². The van der Waals surface area contributed by atoms with Crippen LogP contribution in [-0.4, -0.2) is 32.0 Å². The minimum atomic E-state index is -4.48. The van der Waals surface area contributed by atoms with Crippen LogP contribution in [0.25, 0.3) is 0 Å². The largest absolute Gasteiger partial charge is 0.439 e. The Balaban J connectivity index is 1.40. The van der Waals surface area contributed by atoms with Gasteiger partial charge in [-0.25, -0.2) is 18.1 Å². The van der Waals surface area contributed by atoms with Crippen molar-refractivity contribution < 1.29 is 26.3 Å². The van der Waals surface area contributed by atoms with E-state index >= 15 is 0 Å². The Morgan fingerprint density at radius 3 is 2.38 bits per heavy atom. The molecule has 0 amide bonds. The van der Waals surface area contributed by atoms with E-state index in [9.17, 15) is 21.6 Å². The van der Waals surface area contributed by atoms with Crippen LogP contribution in [0, 0.1) is 0 Å². The Morgan fingerprint density at radius 1 is 1.03 bits per heavy atom. The molecule has 34 heavy (non-hydrogen) atoms. The third-order valence-electron chi connectivity index (χ3n) is 5.73. The molecule has 0 unspecified atom stereocenters. The molecule has 0 bridgehead atoms. The summed E-state index contributed by atoms with van der Waals surface area (Å²) in [5.41, 5.74) is 1.03. The summed E-state index contributed by atoms with van der Waals surface area (Å²) in [5, 5.41) is 0. The van der Waals surface area contributed by atoms with E-state index in [0.717, 1.165) is 30.8 Å². The monoisotopic (exact) mass is 491 g/mol. The summed E-state index contributed by atoms with van der Waals surface area (Å²) in [7, 11) is -3.78. The Bertz CT molecular complexity index is 1260. The van der Waals surface area contributed by atoms with Gasteiger partial charge in [0.15, 0.2) is 0 Å². The predicted octanol–water partition coefficient (Wildman–Crippen LogP) is 5.01. The number of hydrogen-bond donors (Lipinski definition) is 1. The maximum absolute atomic E-state index is 12.9. The molecule has 1 aromatic heterocycles. The summed E-state index contributed by atoms with van der Waals surface area (Å²) in [5.74, 6) is 0.217. The highest BCUT2D eigenvalue weighted by atomic mass is 32.2. The number of para-hydroxylation sites is 1. The minimum absolute atomic E-state index is 0.0330. The maximum Gasteiger partial charge on any atom is 0.417 e. The molecule has 1 aliphatic rings. The van der Waals surface area contributed by atoms with E-state index in [2.05, 4.69) is 20.7 Å². The normalized spacial score (nSPS) is 14.2. The van der Waals surface area contributed by atoms with E-state index < -0.39 is 27.3 Å². The van der Waals surface area contributed by atoms with Crippen molar-refractivity contribution in [3.8, 4) is 11.6 Å². The van der Waals surface area contributed by atoms with E-state index in [1.54, 1.807) is 0 Å². The van der Waals surface area contributed by atoms with Crippen LogP contribution in [-0.2, 0) is 22.6 Å². The van der Waals surface area contributed by atoms with Gasteiger partial charge in [-0.2, -0.15) is 13.2 Å². The molecule has 0 saturated carbocycles. The number of halogens is 3. The van der Waals surface area contributed by atoms with E-state index in [0.29, 0.717) is 6.20 Å². The second kappa shape index (κ2) is 8.92. The highest BCUT2D eigenvalue weighted by molar-refractivity contribution is 7.89. The SMILES string of the molecule is CC(C)(CNS(=O)(=O)c1ccc(Oc2ccc(C(F)(F)F)cn2)cc1)N1CCc2ccccc21. The fraction of sp³-hybridized carbons (Fsp3) is 0.292. The molecule has 3 aromatic rings. The molecule has 2 aromatic carbocycles. The number of anilines is 1. The minimum Gasteiger partial charge on any atom is -0.439 e. The highest BCUT2D eigenvalue weighted by Gasteiger charge is 2.33. The molecule has 1 N–H and O–H groups in total. The van der Waals surface area contributed by atoms with Crippen LogP contribution in [0.2, 0.25) is 0 Å². The summed E-state index contributed by atoms with van der Waals surface area (Å²) >= 11 is 0. The van der Waals surface area contributed by atoms with Crippen LogP contribution in [0.15, 0.2) is 71.8 Å². The second-order valence-corrected chi connectivity index (χ2v) is 10.4. The number of rotatable bonds is 7. The fourth-order valence-corrected chi connectivity index (χ4v) is 5.04. The Labute approximate surface area is 196 Å². The molecule has 0 atom stereocenters. The summed E-state index contributed by atoms with van der Waals surface area (Å²) in [6.07, 6.45) is -2.89. The quantitative estimate of drug-likeness (QED) is 0.503. The van der Waals surface area contributed by atoms with Crippen molar-refractivity contribution in [3.63, 3.8) is 0 Å². The summed E-state index contributed by atoms with van der Waals surface area (Å²) < 4.78 is 71.8. The topological polar surface area (TPSA) is 71.5 Å². The number of benzene rings is 2. The first kappa shape index (κ1) is 24.0. The van der Waals surface area contributed by atoms with Gasteiger partial charge in [-0.15, -0.1) is 0 Å². The number of aromatic nitrogens is 1. The zero-order valence-electron chi connectivity index (χ0n) is 18.6. The van der Waals surface area contributed by atoms with Gasteiger partial charge in [-0.1, -0.05) is 18.2 Å². The average Bonchev–Trinajstić information content (AvgIpc) is 3.23. The number of nitrogens with one attached hydrogen (secondary N) is 1. The van der Waals surface area contributed by atoms with Crippen LogP contribution in [0.5, 0.6) is 11.6 Å². The number of ether oxygens (including phenoxy) is 1. The number of alkyl halides is 3. The van der Waals surface area contributed by atoms with Gasteiger partial charge < -0.3 is 9.64 Å².